The minimum atomic E-state index is 0.0979. The number of nitrogens with zero attached hydrogens (tertiary/aromatic N) is 3. The Balaban J connectivity index is 2.36. The molecule has 2 rings (SSSR count). The first-order valence-electron chi connectivity index (χ1n) is 9.80. The largest absolute Gasteiger partial charge is 0.404 e. The first-order valence-corrected chi connectivity index (χ1v) is 9.80. The summed E-state index contributed by atoms with van der Waals surface area (Å²) in [7, 11) is 3.78. The molecular formula is C22H33N7. The number of hydrogen-bond acceptors (Lipinski definition) is 6. The van der Waals surface area contributed by atoms with Gasteiger partial charge in [-0.2, -0.15) is 0 Å². The van der Waals surface area contributed by atoms with Crippen molar-refractivity contribution in [3.63, 3.8) is 0 Å². The van der Waals surface area contributed by atoms with Gasteiger partial charge < -0.3 is 27.4 Å². The van der Waals surface area contributed by atoms with Gasteiger partial charge in [-0.15, -0.1) is 0 Å². The molecule has 7 nitrogen and oxygen atoms in total. The van der Waals surface area contributed by atoms with Gasteiger partial charge in [0.1, 0.15) is 11.7 Å². The van der Waals surface area contributed by atoms with Gasteiger partial charge in [-0.25, -0.2) is 4.99 Å². The average Bonchev–Trinajstić information content (AvgIpc) is 2.69. The predicted octanol–water partition coefficient (Wildman–Crippen LogP) is 2.25. The molecule has 0 aliphatic carbocycles. The zero-order valence-electron chi connectivity index (χ0n) is 18.0. The summed E-state index contributed by atoms with van der Waals surface area (Å²) in [4.78, 5) is 10.8. The van der Waals surface area contributed by atoms with E-state index in [2.05, 4.69) is 52.4 Å². The van der Waals surface area contributed by atoms with Crippen molar-refractivity contribution in [2.45, 2.75) is 33.2 Å². The van der Waals surface area contributed by atoms with Crippen molar-refractivity contribution >= 4 is 12.1 Å². The minimum absolute atomic E-state index is 0.0979. The van der Waals surface area contributed by atoms with Gasteiger partial charge in [-0.05, 0) is 42.3 Å². The Bertz CT molecular complexity index is 864. The highest BCUT2D eigenvalue weighted by atomic mass is 15.2. The van der Waals surface area contributed by atoms with E-state index in [9.17, 15) is 0 Å². The molecule has 29 heavy (non-hydrogen) atoms. The number of hydrogen-bond donors (Lipinski definition) is 4. The Morgan fingerprint density at radius 2 is 2.07 bits per heavy atom. The Kier molecular flexibility index (Phi) is 7.47. The van der Waals surface area contributed by atoms with E-state index < -0.39 is 0 Å². The average molecular weight is 396 g/mol. The Labute approximate surface area is 173 Å². The zero-order chi connectivity index (χ0) is 21.6. The Hall–Kier alpha value is -3.22. The quantitative estimate of drug-likeness (QED) is 0.406. The highest BCUT2D eigenvalue weighted by Crippen LogP contribution is 2.26. The number of likely N-dealkylation sites (N-methyl/N-ethyl adjacent to an activating group) is 1. The molecular weight excluding hydrogens is 362 g/mol. The van der Waals surface area contributed by atoms with E-state index >= 15 is 0 Å². The van der Waals surface area contributed by atoms with Gasteiger partial charge in [0, 0.05) is 49.1 Å². The normalized spacial score (nSPS) is 22.5. The van der Waals surface area contributed by atoms with Gasteiger partial charge in [0.15, 0.2) is 0 Å². The van der Waals surface area contributed by atoms with Crippen LogP contribution in [0.2, 0.25) is 0 Å². The van der Waals surface area contributed by atoms with Crippen LogP contribution in [-0.4, -0.2) is 37.1 Å². The Morgan fingerprint density at radius 3 is 2.66 bits per heavy atom. The lowest BCUT2D eigenvalue weighted by Crippen LogP contribution is -2.41. The van der Waals surface area contributed by atoms with E-state index in [0.29, 0.717) is 11.7 Å². The molecule has 0 aromatic rings. The predicted molar refractivity (Wildman–Crippen MR) is 123 cm³/mol. The first-order chi connectivity index (χ1) is 13.8. The molecule has 156 valence electrons. The van der Waals surface area contributed by atoms with Crippen LogP contribution in [0.25, 0.3) is 0 Å². The second kappa shape index (κ2) is 9.82. The van der Waals surface area contributed by atoms with Gasteiger partial charge in [-0.1, -0.05) is 26.8 Å². The van der Waals surface area contributed by atoms with Crippen LogP contribution in [0.5, 0.6) is 0 Å². The summed E-state index contributed by atoms with van der Waals surface area (Å²) in [6.07, 6.45) is 14.1. The highest BCUT2D eigenvalue weighted by Gasteiger charge is 2.25. The number of aliphatic imine (C=N–C) groups is 2. The summed E-state index contributed by atoms with van der Waals surface area (Å²) in [5.74, 6) is 1.35. The highest BCUT2D eigenvalue weighted by molar-refractivity contribution is 5.97. The molecule has 0 bridgehead atoms. The van der Waals surface area contributed by atoms with Crippen LogP contribution in [0.15, 0.2) is 80.6 Å². The van der Waals surface area contributed by atoms with Crippen molar-refractivity contribution in [2.24, 2.45) is 33.1 Å². The van der Waals surface area contributed by atoms with Crippen LogP contribution in [-0.2, 0) is 0 Å². The number of amidine groups is 1. The van der Waals surface area contributed by atoms with Crippen molar-refractivity contribution in [1.82, 2.24) is 10.2 Å². The summed E-state index contributed by atoms with van der Waals surface area (Å²) < 4.78 is 0. The molecule has 1 unspecified atom stereocenters. The molecule has 7 N–H and O–H groups in total. The second-order valence-electron chi connectivity index (χ2n) is 7.35. The molecule has 2 aliphatic heterocycles. The fourth-order valence-corrected chi connectivity index (χ4v) is 3.15. The molecule has 2 heterocycles. The van der Waals surface area contributed by atoms with Crippen LogP contribution in [0.4, 0.5) is 0 Å². The van der Waals surface area contributed by atoms with Gasteiger partial charge in [0.25, 0.3) is 0 Å². The molecule has 2 aliphatic rings. The molecule has 0 fully saturated rings. The van der Waals surface area contributed by atoms with Crippen molar-refractivity contribution in [3.05, 3.63) is 70.6 Å². The summed E-state index contributed by atoms with van der Waals surface area (Å²) >= 11 is 0. The second-order valence-corrected chi connectivity index (χ2v) is 7.35. The van der Waals surface area contributed by atoms with E-state index in [0.717, 1.165) is 34.5 Å². The van der Waals surface area contributed by atoms with E-state index in [1.54, 1.807) is 25.5 Å². The van der Waals surface area contributed by atoms with Crippen LogP contribution in [0, 0.1) is 5.92 Å². The molecule has 0 spiro atoms. The van der Waals surface area contributed by atoms with Crippen LogP contribution < -0.4 is 22.5 Å². The lowest BCUT2D eigenvalue weighted by molar-refractivity contribution is 0.404. The van der Waals surface area contributed by atoms with E-state index in [-0.39, 0.29) is 12.0 Å². The monoisotopic (exact) mass is 395 g/mol. The number of rotatable bonds is 6. The lowest BCUT2D eigenvalue weighted by atomic mass is 9.96. The van der Waals surface area contributed by atoms with Crippen molar-refractivity contribution in [3.8, 4) is 0 Å². The molecule has 0 saturated carbocycles. The summed E-state index contributed by atoms with van der Waals surface area (Å²) in [5.41, 5.74) is 22.7. The third kappa shape index (κ3) is 5.40. The number of fused-ring (bicyclic) bond motifs is 1. The SMILES string of the molecule is CCC(N)=C(C=NC)C1=CN(C)C2C=CC(=N/C(N)=C/C(=C\N)C(C)C)NC2=C1. The molecule has 7 heteroatoms. The van der Waals surface area contributed by atoms with E-state index in [1.807, 2.05) is 20.0 Å². The zero-order valence-corrected chi connectivity index (χ0v) is 18.0. The van der Waals surface area contributed by atoms with Crippen molar-refractivity contribution in [2.75, 3.05) is 14.1 Å². The molecule has 0 aromatic carbocycles. The first kappa shape index (κ1) is 22.1. The summed E-state index contributed by atoms with van der Waals surface area (Å²) in [6, 6.07) is 0.0979. The van der Waals surface area contributed by atoms with Gasteiger partial charge >= 0.3 is 0 Å². The fraction of sp³-hybridized carbons (Fsp3) is 0.364. The summed E-state index contributed by atoms with van der Waals surface area (Å²) in [5, 5.41) is 3.38. The molecule has 0 aromatic heterocycles. The lowest BCUT2D eigenvalue weighted by Gasteiger charge is -2.34. The maximum atomic E-state index is 6.23. The van der Waals surface area contributed by atoms with Gasteiger partial charge in [-0.3, -0.25) is 4.99 Å². The molecule has 1 atom stereocenters. The molecule has 0 amide bonds. The maximum absolute atomic E-state index is 6.23. The topological polar surface area (TPSA) is 118 Å². The van der Waals surface area contributed by atoms with Crippen molar-refractivity contribution in [1.29, 1.82) is 0 Å². The molecule has 0 radical (unpaired) electrons. The van der Waals surface area contributed by atoms with Crippen LogP contribution in [0.1, 0.15) is 27.2 Å². The van der Waals surface area contributed by atoms with Gasteiger partial charge in [0.2, 0.25) is 0 Å². The standard InChI is InChI=1S/C22H33N7/c1-6-18(24)17(12-26-4)16-9-19-20(29(5)13-16)7-8-22(27-19)28-21(25)10-15(11-23)14(2)3/h7-14,20H,6,23-25H2,1-5H3,(H,27,28)/b15-11+,18-17?,21-10+,26-12?. The number of allylic oxidation sites excluding steroid dienone is 6. The van der Waals surface area contributed by atoms with Crippen LogP contribution >= 0.6 is 0 Å². The fourth-order valence-electron chi connectivity index (χ4n) is 3.15. The number of nitrogens with two attached hydrogens (primary N) is 3. The Morgan fingerprint density at radius 1 is 1.34 bits per heavy atom. The smallest absolute Gasteiger partial charge is 0.132 e. The van der Waals surface area contributed by atoms with E-state index in [1.165, 1.54) is 0 Å². The maximum Gasteiger partial charge on any atom is 0.132 e. The van der Waals surface area contributed by atoms with E-state index in [4.69, 9.17) is 17.2 Å². The van der Waals surface area contributed by atoms with Crippen molar-refractivity contribution < 1.29 is 0 Å². The third-order valence-electron chi connectivity index (χ3n) is 4.84. The van der Waals surface area contributed by atoms with Crippen LogP contribution in [0.3, 0.4) is 0 Å². The number of nitrogens with one attached hydrogen (secondary N) is 1. The summed E-state index contributed by atoms with van der Waals surface area (Å²) in [6.45, 7) is 6.15. The molecule has 0 saturated heterocycles. The third-order valence-corrected chi connectivity index (χ3v) is 4.84. The minimum Gasteiger partial charge on any atom is -0.404 e. The van der Waals surface area contributed by atoms with Gasteiger partial charge in [0.05, 0.1) is 6.04 Å².